The van der Waals surface area contributed by atoms with Crippen molar-refractivity contribution in [3.63, 3.8) is 0 Å². The summed E-state index contributed by atoms with van der Waals surface area (Å²) in [5.41, 5.74) is 2.20. The zero-order valence-corrected chi connectivity index (χ0v) is 19.5. The van der Waals surface area contributed by atoms with Crippen LogP contribution in [-0.4, -0.2) is 16.6 Å². The Morgan fingerprint density at radius 1 is 1.38 bits per heavy atom. The molecule has 29 heavy (non-hydrogen) atoms. The lowest BCUT2D eigenvalue weighted by Crippen LogP contribution is -2.33. The van der Waals surface area contributed by atoms with Gasteiger partial charge in [-0.15, -0.1) is 11.3 Å². The Kier molecular flexibility index (Phi) is 10.5. The summed E-state index contributed by atoms with van der Waals surface area (Å²) in [7, 11) is 0. The number of hydrogen-bond acceptors (Lipinski definition) is 4. The minimum atomic E-state index is -0.0816. The zero-order chi connectivity index (χ0) is 21.9. The molecule has 0 amide bonds. The third-order valence-electron chi connectivity index (χ3n) is 4.98. The van der Waals surface area contributed by atoms with Crippen LogP contribution in [0.5, 0.6) is 5.75 Å². The summed E-state index contributed by atoms with van der Waals surface area (Å²) in [6.07, 6.45) is 11.0. The van der Waals surface area contributed by atoms with Crippen molar-refractivity contribution in [3.8, 4) is 5.75 Å². The van der Waals surface area contributed by atoms with Gasteiger partial charge >= 0.3 is 0 Å². The first kappa shape index (κ1) is 24.7. The van der Waals surface area contributed by atoms with Gasteiger partial charge in [0.1, 0.15) is 5.75 Å². The third-order valence-corrected chi connectivity index (χ3v) is 5.85. The average molecular weight is 413 g/mol. The van der Waals surface area contributed by atoms with Crippen molar-refractivity contribution in [3.05, 3.63) is 77.4 Å². The summed E-state index contributed by atoms with van der Waals surface area (Å²) >= 11 is 1.67. The highest BCUT2D eigenvalue weighted by Crippen LogP contribution is 2.45. The highest BCUT2D eigenvalue weighted by atomic mass is 32.1. The second kappa shape index (κ2) is 12.3. The number of phenolic OH excluding ortho intramolecular Hbond substituents is 1. The van der Waals surface area contributed by atoms with Crippen molar-refractivity contribution in [2.24, 2.45) is 5.41 Å². The number of aromatic nitrogens is 1. The van der Waals surface area contributed by atoms with E-state index in [1.165, 1.54) is 10.5 Å². The Morgan fingerprint density at radius 2 is 2.10 bits per heavy atom. The molecule has 0 radical (unpaired) electrons. The van der Waals surface area contributed by atoms with E-state index >= 15 is 0 Å². The van der Waals surface area contributed by atoms with Gasteiger partial charge in [0.15, 0.2) is 5.13 Å². The summed E-state index contributed by atoms with van der Waals surface area (Å²) in [5.74, 6) is 0.398. The zero-order valence-electron chi connectivity index (χ0n) is 18.7. The third kappa shape index (κ3) is 6.90. The smallest absolute Gasteiger partial charge is 0.182 e. The quantitative estimate of drug-likeness (QED) is 0.419. The molecule has 2 atom stereocenters. The van der Waals surface area contributed by atoms with Crippen molar-refractivity contribution >= 4 is 16.5 Å². The van der Waals surface area contributed by atoms with Gasteiger partial charge in [-0.2, -0.15) is 0 Å². The van der Waals surface area contributed by atoms with Crippen LogP contribution in [-0.2, 0) is 0 Å². The van der Waals surface area contributed by atoms with E-state index in [9.17, 15) is 5.11 Å². The molecule has 2 N–H and O–H groups in total. The van der Waals surface area contributed by atoms with Crippen LogP contribution in [0.3, 0.4) is 0 Å². The molecule has 3 nitrogen and oxygen atoms in total. The summed E-state index contributed by atoms with van der Waals surface area (Å²) in [6.45, 7) is 17.3. The van der Waals surface area contributed by atoms with Crippen LogP contribution in [0.1, 0.15) is 57.4 Å². The van der Waals surface area contributed by atoms with Gasteiger partial charge in [0.05, 0.1) is 0 Å². The molecule has 0 spiro atoms. The van der Waals surface area contributed by atoms with Gasteiger partial charge in [-0.1, -0.05) is 70.7 Å². The minimum absolute atomic E-state index is 0.0816. The predicted octanol–water partition coefficient (Wildman–Crippen LogP) is 7.48. The SMILES string of the molecule is C=C/C=C(\C=C/C)C(c1cccc(O)c1)C(C)(CC)CNc1ncc(C)s1.CC. The van der Waals surface area contributed by atoms with Crippen molar-refractivity contribution in [1.29, 1.82) is 0 Å². The van der Waals surface area contributed by atoms with Crippen molar-refractivity contribution in [2.75, 3.05) is 11.9 Å². The van der Waals surface area contributed by atoms with Crippen molar-refractivity contribution in [2.45, 2.75) is 53.9 Å². The standard InChI is InChI=1S/C23H30N2OS.C2H6/c1-6-10-18(11-7-2)21(19-12-9-13-20(26)14-19)23(5,8-3)16-25-22-24-15-17(4)27-22;1-2/h6-7,9-15,21,26H,1,8,16H2,2-5H3,(H,24,25);1-2H3/b11-7-,18-10+;. The topological polar surface area (TPSA) is 45.1 Å². The van der Waals surface area contributed by atoms with E-state index in [1.54, 1.807) is 17.4 Å². The number of aromatic hydroxyl groups is 1. The summed E-state index contributed by atoms with van der Waals surface area (Å²) < 4.78 is 0. The van der Waals surface area contributed by atoms with Crippen LogP contribution < -0.4 is 5.32 Å². The number of hydrogen-bond donors (Lipinski definition) is 2. The van der Waals surface area contributed by atoms with Gasteiger partial charge in [0.25, 0.3) is 0 Å². The normalized spacial score (nSPS) is 14.6. The first-order valence-corrected chi connectivity index (χ1v) is 11.2. The Morgan fingerprint density at radius 3 is 2.62 bits per heavy atom. The second-order valence-corrected chi connectivity index (χ2v) is 8.30. The maximum atomic E-state index is 10.1. The highest BCUT2D eigenvalue weighted by molar-refractivity contribution is 7.15. The van der Waals surface area contributed by atoms with Crippen molar-refractivity contribution < 1.29 is 5.11 Å². The number of aryl methyl sites for hydroxylation is 1. The molecule has 0 bridgehead atoms. The number of rotatable bonds is 9. The van der Waals surface area contributed by atoms with E-state index < -0.39 is 0 Å². The van der Waals surface area contributed by atoms with Gasteiger partial charge in [-0.25, -0.2) is 4.98 Å². The molecular formula is C25H36N2OS. The lowest BCUT2D eigenvalue weighted by molar-refractivity contribution is 0.288. The largest absolute Gasteiger partial charge is 0.508 e. The summed E-state index contributed by atoms with van der Waals surface area (Å²) in [6, 6.07) is 7.58. The first-order chi connectivity index (χ1) is 13.9. The maximum absolute atomic E-state index is 10.1. The number of benzene rings is 1. The number of phenols is 1. The van der Waals surface area contributed by atoms with E-state index in [2.05, 4.69) is 61.9 Å². The highest BCUT2D eigenvalue weighted by Gasteiger charge is 2.35. The van der Waals surface area contributed by atoms with E-state index in [0.717, 1.165) is 23.7 Å². The number of nitrogens with one attached hydrogen (secondary N) is 1. The van der Waals surface area contributed by atoms with Gasteiger partial charge in [-0.05, 0) is 49.0 Å². The fourth-order valence-electron chi connectivity index (χ4n) is 3.42. The molecule has 0 aliphatic carbocycles. The van der Waals surface area contributed by atoms with E-state index in [0.29, 0.717) is 0 Å². The average Bonchev–Trinajstić information content (AvgIpc) is 3.14. The summed E-state index contributed by atoms with van der Waals surface area (Å²) in [4.78, 5) is 5.64. The predicted molar refractivity (Wildman–Crippen MR) is 129 cm³/mol. The fourth-order valence-corrected chi connectivity index (χ4v) is 4.08. The first-order valence-electron chi connectivity index (χ1n) is 10.3. The maximum Gasteiger partial charge on any atom is 0.182 e. The molecule has 0 aliphatic rings. The monoisotopic (exact) mass is 412 g/mol. The van der Waals surface area contributed by atoms with Gasteiger partial charge in [0.2, 0.25) is 0 Å². The van der Waals surface area contributed by atoms with Crippen LogP contribution in [0.15, 0.2) is 66.9 Å². The van der Waals surface area contributed by atoms with Crippen LogP contribution >= 0.6 is 11.3 Å². The minimum Gasteiger partial charge on any atom is -0.508 e. The molecule has 1 heterocycles. The Labute approximate surface area is 180 Å². The molecule has 0 saturated heterocycles. The van der Waals surface area contributed by atoms with Crippen LogP contribution in [0.2, 0.25) is 0 Å². The molecule has 0 fully saturated rings. The number of anilines is 1. The van der Waals surface area contributed by atoms with E-state index in [1.807, 2.05) is 45.2 Å². The molecule has 158 valence electrons. The Bertz CT molecular complexity index is 822. The number of allylic oxidation sites excluding steroid dienone is 5. The molecule has 4 heteroatoms. The van der Waals surface area contributed by atoms with E-state index in [4.69, 9.17) is 0 Å². The Balaban J connectivity index is 0.00000204. The molecule has 2 rings (SSSR count). The fraction of sp³-hybridized carbons (Fsp3) is 0.400. The van der Waals surface area contributed by atoms with Crippen molar-refractivity contribution in [1.82, 2.24) is 4.98 Å². The summed E-state index contributed by atoms with van der Waals surface area (Å²) in [5, 5.41) is 14.5. The molecule has 1 aromatic carbocycles. The molecule has 1 aromatic heterocycles. The van der Waals surface area contributed by atoms with Crippen LogP contribution in [0.4, 0.5) is 5.13 Å². The van der Waals surface area contributed by atoms with Crippen LogP contribution in [0, 0.1) is 12.3 Å². The molecule has 0 aliphatic heterocycles. The van der Waals surface area contributed by atoms with Gasteiger partial charge < -0.3 is 10.4 Å². The van der Waals surface area contributed by atoms with Gasteiger partial charge in [0, 0.05) is 23.5 Å². The van der Waals surface area contributed by atoms with Crippen LogP contribution in [0.25, 0.3) is 0 Å². The second-order valence-electron chi connectivity index (χ2n) is 7.07. The van der Waals surface area contributed by atoms with E-state index in [-0.39, 0.29) is 17.1 Å². The molecule has 2 unspecified atom stereocenters. The molecule has 0 saturated carbocycles. The lowest BCUT2D eigenvalue weighted by atomic mass is 9.67. The number of thiazole rings is 1. The Hall–Kier alpha value is -2.33. The molecule has 2 aromatic rings. The number of nitrogens with zero attached hydrogens (tertiary/aromatic N) is 1. The lowest BCUT2D eigenvalue weighted by Gasteiger charge is -2.38. The molecular weight excluding hydrogens is 376 g/mol. The van der Waals surface area contributed by atoms with Gasteiger partial charge in [-0.3, -0.25) is 0 Å².